The van der Waals surface area contributed by atoms with Crippen molar-refractivity contribution in [2.75, 3.05) is 20.9 Å². The molecular formula is C20H22N4O2. The normalized spacial score (nSPS) is 14.0. The third kappa shape index (κ3) is 3.41. The number of nitrogens with one attached hydrogen (secondary N) is 1. The van der Waals surface area contributed by atoms with Gasteiger partial charge in [0.15, 0.2) is 17.3 Å². The van der Waals surface area contributed by atoms with Gasteiger partial charge in [-0.25, -0.2) is 4.98 Å². The highest BCUT2D eigenvalue weighted by molar-refractivity contribution is 5.46. The van der Waals surface area contributed by atoms with Crippen molar-refractivity contribution in [3.8, 4) is 11.5 Å². The number of fused-ring (bicyclic) bond motifs is 1. The average molecular weight is 350 g/mol. The maximum atomic E-state index is 5.51. The van der Waals surface area contributed by atoms with Crippen LogP contribution in [0.25, 0.3) is 0 Å². The van der Waals surface area contributed by atoms with Crippen molar-refractivity contribution in [2.24, 2.45) is 0 Å². The highest BCUT2D eigenvalue weighted by Crippen LogP contribution is 2.36. The number of hydrogen-bond donors (Lipinski definition) is 1. The molecule has 2 heterocycles. The Morgan fingerprint density at radius 3 is 2.65 bits per heavy atom. The highest BCUT2D eigenvalue weighted by Gasteiger charge is 2.24. The SMILES string of the molecule is CN(C)[C@H](c1ccc2c(c1)OCO2)c1n[nH]c(CCc2ccccc2)n1. The number of aromatic amines is 1. The molecule has 3 aromatic rings. The molecular weight excluding hydrogens is 328 g/mol. The lowest BCUT2D eigenvalue weighted by Crippen LogP contribution is -2.22. The van der Waals surface area contributed by atoms with Gasteiger partial charge < -0.3 is 9.47 Å². The molecule has 0 fully saturated rings. The number of aromatic nitrogens is 3. The second kappa shape index (κ2) is 7.17. The molecule has 6 nitrogen and oxygen atoms in total. The van der Waals surface area contributed by atoms with Gasteiger partial charge >= 0.3 is 0 Å². The van der Waals surface area contributed by atoms with Gasteiger partial charge in [0.2, 0.25) is 6.79 Å². The molecule has 4 rings (SSSR count). The average Bonchev–Trinajstić information content (AvgIpc) is 3.30. The van der Waals surface area contributed by atoms with Crippen molar-refractivity contribution in [2.45, 2.75) is 18.9 Å². The van der Waals surface area contributed by atoms with Gasteiger partial charge in [0.25, 0.3) is 0 Å². The summed E-state index contributed by atoms with van der Waals surface area (Å²) >= 11 is 0. The molecule has 0 saturated heterocycles. The molecule has 0 bridgehead atoms. The quantitative estimate of drug-likeness (QED) is 0.740. The third-order valence-electron chi connectivity index (χ3n) is 4.52. The van der Waals surface area contributed by atoms with E-state index in [0.717, 1.165) is 41.6 Å². The van der Waals surface area contributed by atoms with Gasteiger partial charge in [0, 0.05) is 6.42 Å². The van der Waals surface area contributed by atoms with Gasteiger partial charge in [0.05, 0.1) is 6.04 Å². The Balaban J connectivity index is 1.53. The zero-order valence-electron chi connectivity index (χ0n) is 15.0. The molecule has 0 unspecified atom stereocenters. The Morgan fingerprint density at radius 2 is 1.85 bits per heavy atom. The van der Waals surface area contributed by atoms with Crippen LogP contribution in [0.5, 0.6) is 11.5 Å². The molecule has 1 N–H and O–H groups in total. The molecule has 1 aliphatic heterocycles. The summed E-state index contributed by atoms with van der Waals surface area (Å²) in [5.74, 6) is 3.22. The van der Waals surface area contributed by atoms with E-state index in [4.69, 9.17) is 14.5 Å². The lowest BCUT2D eigenvalue weighted by Gasteiger charge is -2.22. The van der Waals surface area contributed by atoms with Crippen molar-refractivity contribution in [1.29, 1.82) is 0 Å². The fourth-order valence-corrected chi connectivity index (χ4v) is 3.21. The van der Waals surface area contributed by atoms with E-state index in [9.17, 15) is 0 Å². The highest BCUT2D eigenvalue weighted by atomic mass is 16.7. The minimum absolute atomic E-state index is 0.0498. The Morgan fingerprint density at radius 1 is 1.04 bits per heavy atom. The molecule has 1 aliphatic rings. The summed E-state index contributed by atoms with van der Waals surface area (Å²) in [6, 6.07) is 16.3. The maximum Gasteiger partial charge on any atom is 0.231 e. The van der Waals surface area contributed by atoms with Crippen LogP contribution in [-0.2, 0) is 12.8 Å². The minimum atomic E-state index is -0.0498. The van der Waals surface area contributed by atoms with Crippen LogP contribution in [0.15, 0.2) is 48.5 Å². The van der Waals surface area contributed by atoms with Crippen LogP contribution in [0.3, 0.4) is 0 Å². The molecule has 0 amide bonds. The summed E-state index contributed by atoms with van der Waals surface area (Å²) in [5.41, 5.74) is 2.37. The topological polar surface area (TPSA) is 63.3 Å². The Bertz CT molecular complexity index is 877. The van der Waals surface area contributed by atoms with E-state index in [2.05, 4.69) is 39.4 Å². The summed E-state index contributed by atoms with van der Waals surface area (Å²) in [6.45, 7) is 0.274. The van der Waals surface area contributed by atoms with Gasteiger partial charge in [0.1, 0.15) is 5.82 Å². The molecule has 134 valence electrons. The van der Waals surface area contributed by atoms with Gasteiger partial charge in [-0.3, -0.25) is 10.00 Å². The van der Waals surface area contributed by atoms with Crippen molar-refractivity contribution in [3.05, 3.63) is 71.3 Å². The zero-order chi connectivity index (χ0) is 17.9. The Kier molecular flexibility index (Phi) is 4.58. The number of nitrogens with zero attached hydrogens (tertiary/aromatic N) is 3. The number of hydrogen-bond acceptors (Lipinski definition) is 5. The first kappa shape index (κ1) is 16.6. The molecule has 0 radical (unpaired) electrons. The Hall–Kier alpha value is -2.86. The molecule has 2 aromatic carbocycles. The van der Waals surface area contributed by atoms with E-state index in [1.807, 2.05) is 38.4 Å². The monoisotopic (exact) mass is 350 g/mol. The second-order valence-electron chi connectivity index (χ2n) is 6.60. The van der Waals surface area contributed by atoms with Gasteiger partial charge in [-0.2, -0.15) is 5.10 Å². The van der Waals surface area contributed by atoms with Gasteiger partial charge in [-0.05, 0) is 43.8 Å². The summed E-state index contributed by atoms with van der Waals surface area (Å²) in [4.78, 5) is 6.84. The lowest BCUT2D eigenvalue weighted by molar-refractivity contribution is 0.174. The smallest absolute Gasteiger partial charge is 0.231 e. The van der Waals surface area contributed by atoms with E-state index >= 15 is 0 Å². The third-order valence-corrected chi connectivity index (χ3v) is 4.52. The number of ether oxygens (including phenoxy) is 2. The van der Waals surface area contributed by atoms with Crippen LogP contribution in [0.4, 0.5) is 0 Å². The van der Waals surface area contributed by atoms with Crippen molar-refractivity contribution in [1.82, 2.24) is 20.1 Å². The van der Waals surface area contributed by atoms with Crippen molar-refractivity contribution >= 4 is 0 Å². The first-order valence-electron chi connectivity index (χ1n) is 8.72. The fourth-order valence-electron chi connectivity index (χ4n) is 3.21. The predicted molar refractivity (Wildman–Crippen MR) is 98.3 cm³/mol. The number of benzene rings is 2. The summed E-state index contributed by atoms with van der Waals surface area (Å²) in [7, 11) is 4.05. The second-order valence-corrected chi connectivity index (χ2v) is 6.60. The van der Waals surface area contributed by atoms with Crippen molar-refractivity contribution in [3.63, 3.8) is 0 Å². The molecule has 1 aromatic heterocycles. The first-order valence-corrected chi connectivity index (χ1v) is 8.72. The van der Waals surface area contributed by atoms with E-state index < -0.39 is 0 Å². The summed E-state index contributed by atoms with van der Waals surface area (Å²) in [5, 5.41) is 7.56. The largest absolute Gasteiger partial charge is 0.454 e. The summed E-state index contributed by atoms with van der Waals surface area (Å²) < 4.78 is 10.9. The first-order chi connectivity index (χ1) is 12.7. The van der Waals surface area contributed by atoms with Crippen LogP contribution in [0.1, 0.15) is 28.8 Å². The maximum absolute atomic E-state index is 5.51. The molecule has 1 atom stereocenters. The predicted octanol–water partition coefficient (Wildman–Crippen LogP) is 2.97. The number of aryl methyl sites for hydroxylation is 2. The number of H-pyrrole nitrogens is 1. The molecule has 26 heavy (non-hydrogen) atoms. The van der Waals surface area contributed by atoms with Crippen molar-refractivity contribution < 1.29 is 9.47 Å². The van der Waals surface area contributed by atoms with Gasteiger partial charge in [-0.15, -0.1) is 0 Å². The molecule has 0 aliphatic carbocycles. The van der Waals surface area contributed by atoms with Crippen LogP contribution in [0.2, 0.25) is 0 Å². The van der Waals surface area contributed by atoms with E-state index in [1.165, 1.54) is 5.56 Å². The van der Waals surface area contributed by atoms with E-state index in [1.54, 1.807) is 0 Å². The molecule has 6 heteroatoms. The minimum Gasteiger partial charge on any atom is -0.454 e. The fraction of sp³-hybridized carbons (Fsp3) is 0.300. The molecule has 0 saturated carbocycles. The Labute approximate surface area is 152 Å². The van der Waals surface area contributed by atoms with E-state index in [-0.39, 0.29) is 12.8 Å². The van der Waals surface area contributed by atoms with Crippen LogP contribution >= 0.6 is 0 Å². The number of rotatable bonds is 6. The van der Waals surface area contributed by atoms with Crippen LogP contribution in [-0.4, -0.2) is 41.0 Å². The lowest BCUT2D eigenvalue weighted by atomic mass is 10.0. The van der Waals surface area contributed by atoms with Gasteiger partial charge in [-0.1, -0.05) is 36.4 Å². The standard InChI is InChI=1S/C20H22N4O2/c1-24(2)19(15-9-10-16-17(12-15)26-13-25-16)20-21-18(22-23-20)11-8-14-6-4-3-5-7-14/h3-7,9-10,12,19H,8,11,13H2,1-2H3,(H,21,22,23)/t19-/m1/s1. The van der Waals surface area contributed by atoms with Crippen LogP contribution < -0.4 is 9.47 Å². The molecule has 0 spiro atoms. The zero-order valence-corrected chi connectivity index (χ0v) is 15.0. The van der Waals surface area contributed by atoms with E-state index in [0.29, 0.717) is 0 Å². The van der Waals surface area contributed by atoms with Crippen LogP contribution in [0, 0.1) is 0 Å². The summed E-state index contributed by atoms with van der Waals surface area (Å²) in [6.07, 6.45) is 1.77.